The summed E-state index contributed by atoms with van der Waals surface area (Å²) in [5, 5.41) is 3.72. The number of fused-ring (bicyclic) bond motifs is 1. The van der Waals surface area contributed by atoms with Crippen molar-refractivity contribution in [3.8, 4) is 0 Å². The fourth-order valence-electron chi connectivity index (χ4n) is 2.99. The number of esters is 2. The van der Waals surface area contributed by atoms with Crippen molar-refractivity contribution in [1.29, 1.82) is 0 Å². The van der Waals surface area contributed by atoms with Crippen molar-refractivity contribution in [3.63, 3.8) is 0 Å². The van der Waals surface area contributed by atoms with Gasteiger partial charge in [-0.25, -0.2) is 4.79 Å². The van der Waals surface area contributed by atoms with Gasteiger partial charge in [0, 0.05) is 23.5 Å². The molecule has 2 N–H and O–H groups in total. The molecular weight excluding hydrogens is 360 g/mol. The third kappa shape index (κ3) is 5.84. The maximum Gasteiger partial charge on any atom is 0.328 e. The van der Waals surface area contributed by atoms with Gasteiger partial charge in [-0.05, 0) is 30.4 Å². The highest BCUT2D eigenvalue weighted by molar-refractivity contribution is 5.86. The van der Waals surface area contributed by atoms with Crippen LogP contribution in [-0.2, 0) is 30.3 Å². The molecule has 2 atom stereocenters. The van der Waals surface area contributed by atoms with E-state index < -0.39 is 30.5 Å². The Morgan fingerprint density at radius 1 is 1.21 bits per heavy atom. The third-order valence-electron chi connectivity index (χ3n) is 4.85. The van der Waals surface area contributed by atoms with Crippen LogP contribution in [0, 0.1) is 5.92 Å². The molecule has 1 aromatic heterocycles. The number of hydrogen-bond donors (Lipinski definition) is 2. The Balaban J connectivity index is 1.74. The molecule has 0 radical (unpaired) electrons. The first-order valence-corrected chi connectivity index (χ1v) is 9.54. The number of H-pyrrole nitrogens is 1. The minimum Gasteiger partial charge on any atom is -0.467 e. The van der Waals surface area contributed by atoms with E-state index >= 15 is 0 Å². The average molecular weight is 388 g/mol. The molecule has 0 unspecified atom stereocenters. The predicted octanol–water partition coefficient (Wildman–Crippen LogP) is 2.74. The van der Waals surface area contributed by atoms with E-state index in [1.165, 1.54) is 7.11 Å². The topological polar surface area (TPSA) is 97.5 Å². The van der Waals surface area contributed by atoms with Crippen LogP contribution < -0.4 is 5.32 Å². The van der Waals surface area contributed by atoms with Crippen LogP contribution in [-0.4, -0.2) is 42.6 Å². The van der Waals surface area contributed by atoms with Crippen LogP contribution in [0.15, 0.2) is 30.5 Å². The quantitative estimate of drug-likeness (QED) is 0.610. The highest BCUT2D eigenvalue weighted by Crippen LogP contribution is 2.19. The first-order chi connectivity index (χ1) is 13.5. The van der Waals surface area contributed by atoms with Crippen LogP contribution >= 0.6 is 0 Å². The van der Waals surface area contributed by atoms with Crippen molar-refractivity contribution < 1.29 is 23.9 Å². The van der Waals surface area contributed by atoms with Crippen molar-refractivity contribution in [2.75, 3.05) is 13.7 Å². The fraction of sp³-hybridized carbons (Fsp3) is 0.476. The summed E-state index contributed by atoms with van der Waals surface area (Å²) >= 11 is 0. The molecule has 28 heavy (non-hydrogen) atoms. The molecule has 0 spiro atoms. The van der Waals surface area contributed by atoms with E-state index in [1.54, 1.807) is 0 Å². The monoisotopic (exact) mass is 388 g/mol. The molecule has 152 valence electrons. The summed E-state index contributed by atoms with van der Waals surface area (Å²) < 4.78 is 9.74. The zero-order chi connectivity index (χ0) is 20.5. The zero-order valence-corrected chi connectivity index (χ0v) is 16.6. The van der Waals surface area contributed by atoms with E-state index in [-0.39, 0.29) is 12.3 Å². The van der Waals surface area contributed by atoms with E-state index in [0.717, 1.165) is 22.9 Å². The molecule has 0 saturated carbocycles. The van der Waals surface area contributed by atoms with Crippen LogP contribution in [0.5, 0.6) is 0 Å². The van der Waals surface area contributed by atoms with E-state index in [9.17, 15) is 14.4 Å². The Morgan fingerprint density at radius 3 is 2.68 bits per heavy atom. The molecule has 0 fully saturated rings. The number of carbonyl (C=O) groups excluding carboxylic acids is 3. The number of aromatic nitrogens is 1. The molecular formula is C21H28N2O5. The van der Waals surface area contributed by atoms with Crippen molar-refractivity contribution in [2.24, 2.45) is 5.92 Å². The number of para-hydroxylation sites is 1. The molecule has 1 aromatic carbocycles. The standard InChI is InChI=1S/C21H28N2O5/c1-4-14(2)20(21(26)27-3)23-18(24)13-28-19(25)11-7-8-15-12-22-17-10-6-5-9-16(15)17/h5-6,9-10,12,14,20,22H,4,7-8,11,13H2,1-3H3,(H,23,24)/t14-,20-/m1/s1. The van der Waals surface area contributed by atoms with Crippen LogP contribution in [0.2, 0.25) is 0 Å². The second-order valence-corrected chi connectivity index (χ2v) is 6.83. The van der Waals surface area contributed by atoms with Gasteiger partial charge >= 0.3 is 11.9 Å². The SMILES string of the molecule is CC[C@@H](C)[C@@H](NC(=O)COC(=O)CCCc1c[nH]c2ccccc12)C(=O)OC. The minimum atomic E-state index is -0.747. The normalized spacial score (nSPS) is 13.0. The van der Waals surface area contributed by atoms with Gasteiger partial charge in [-0.1, -0.05) is 38.5 Å². The van der Waals surface area contributed by atoms with Crippen LogP contribution in [0.25, 0.3) is 10.9 Å². The Bertz CT molecular complexity index is 814. The number of benzene rings is 1. The Morgan fingerprint density at radius 2 is 1.96 bits per heavy atom. The molecule has 0 aliphatic carbocycles. The van der Waals surface area contributed by atoms with Crippen LogP contribution in [0.4, 0.5) is 0 Å². The molecule has 0 aliphatic heterocycles. The molecule has 0 aliphatic rings. The lowest BCUT2D eigenvalue weighted by Gasteiger charge is -2.21. The number of ether oxygens (including phenoxy) is 2. The number of aryl methyl sites for hydroxylation is 1. The van der Waals surface area contributed by atoms with E-state index in [1.807, 2.05) is 44.3 Å². The number of hydrogen-bond acceptors (Lipinski definition) is 5. The molecule has 0 saturated heterocycles. The van der Waals surface area contributed by atoms with Gasteiger partial charge in [0.15, 0.2) is 6.61 Å². The predicted molar refractivity (Wildman–Crippen MR) is 106 cm³/mol. The van der Waals surface area contributed by atoms with E-state index in [2.05, 4.69) is 10.3 Å². The highest BCUT2D eigenvalue weighted by atomic mass is 16.5. The maximum absolute atomic E-state index is 12.0. The summed E-state index contributed by atoms with van der Waals surface area (Å²) in [4.78, 5) is 38.9. The summed E-state index contributed by atoms with van der Waals surface area (Å²) in [7, 11) is 1.28. The van der Waals surface area contributed by atoms with Crippen molar-refractivity contribution in [2.45, 2.75) is 45.6 Å². The van der Waals surface area contributed by atoms with Gasteiger partial charge in [0.25, 0.3) is 5.91 Å². The summed E-state index contributed by atoms with van der Waals surface area (Å²) in [6.07, 6.45) is 4.24. The molecule has 1 amide bonds. The lowest BCUT2D eigenvalue weighted by Crippen LogP contribution is -2.47. The van der Waals surface area contributed by atoms with Gasteiger partial charge in [0.05, 0.1) is 7.11 Å². The molecule has 7 heteroatoms. The Kier molecular flexibility index (Phi) is 8.04. The third-order valence-corrected chi connectivity index (χ3v) is 4.85. The van der Waals surface area contributed by atoms with Gasteiger partial charge in [-0.3, -0.25) is 9.59 Å². The number of amides is 1. The number of aromatic amines is 1. The molecule has 0 bridgehead atoms. The summed E-state index contributed by atoms with van der Waals surface area (Å²) in [6.45, 7) is 3.36. The number of carbonyl (C=O) groups is 3. The highest BCUT2D eigenvalue weighted by Gasteiger charge is 2.26. The van der Waals surface area contributed by atoms with Gasteiger partial charge in [0.2, 0.25) is 0 Å². The average Bonchev–Trinajstić information content (AvgIpc) is 3.12. The van der Waals surface area contributed by atoms with Gasteiger partial charge in [-0.15, -0.1) is 0 Å². The smallest absolute Gasteiger partial charge is 0.328 e. The minimum absolute atomic E-state index is 0.0803. The summed E-state index contributed by atoms with van der Waals surface area (Å²) in [5.74, 6) is -1.54. The number of methoxy groups -OCH3 is 1. The first-order valence-electron chi connectivity index (χ1n) is 9.54. The van der Waals surface area contributed by atoms with Gasteiger partial charge in [0.1, 0.15) is 6.04 Å². The Labute approximate surface area is 164 Å². The van der Waals surface area contributed by atoms with Crippen molar-refractivity contribution in [1.82, 2.24) is 10.3 Å². The lowest BCUT2D eigenvalue weighted by molar-refractivity contribution is -0.151. The van der Waals surface area contributed by atoms with Crippen LogP contribution in [0.1, 0.15) is 38.7 Å². The maximum atomic E-state index is 12.0. The zero-order valence-electron chi connectivity index (χ0n) is 16.6. The lowest BCUT2D eigenvalue weighted by atomic mass is 9.99. The molecule has 2 aromatic rings. The fourth-order valence-corrected chi connectivity index (χ4v) is 2.99. The van der Waals surface area contributed by atoms with E-state index in [0.29, 0.717) is 12.8 Å². The van der Waals surface area contributed by atoms with Crippen molar-refractivity contribution in [3.05, 3.63) is 36.0 Å². The van der Waals surface area contributed by atoms with Crippen molar-refractivity contribution >= 4 is 28.7 Å². The number of nitrogens with one attached hydrogen (secondary N) is 2. The van der Waals surface area contributed by atoms with E-state index in [4.69, 9.17) is 9.47 Å². The largest absolute Gasteiger partial charge is 0.467 e. The summed E-state index contributed by atoms with van der Waals surface area (Å²) in [5.41, 5.74) is 2.22. The summed E-state index contributed by atoms with van der Waals surface area (Å²) in [6, 6.07) is 7.25. The first kappa shape index (κ1) is 21.5. The van der Waals surface area contributed by atoms with Gasteiger partial charge in [-0.2, -0.15) is 0 Å². The van der Waals surface area contributed by atoms with Gasteiger partial charge < -0.3 is 19.8 Å². The second kappa shape index (κ2) is 10.5. The molecule has 7 nitrogen and oxygen atoms in total. The molecule has 1 heterocycles. The number of rotatable bonds is 10. The van der Waals surface area contributed by atoms with Crippen LogP contribution in [0.3, 0.4) is 0 Å². The molecule has 2 rings (SSSR count). The Hall–Kier alpha value is -2.83. The second-order valence-electron chi connectivity index (χ2n) is 6.83.